The van der Waals surface area contributed by atoms with Gasteiger partial charge in [0.25, 0.3) is 0 Å². The SMILES string of the molecule is CCS(=O)(=O)c1cccc(S(=O)(=O)N2CCC(CNC)C2)c1.Cl. The summed E-state index contributed by atoms with van der Waals surface area (Å²) in [4.78, 5) is 0.106. The Balaban J connectivity index is 0.00000264. The molecule has 1 aromatic carbocycles. The molecular formula is C14H23ClN2O4S2. The van der Waals surface area contributed by atoms with Crippen molar-refractivity contribution in [3.05, 3.63) is 24.3 Å². The molecule has 2 rings (SSSR count). The van der Waals surface area contributed by atoms with Crippen LogP contribution in [0.2, 0.25) is 0 Å². The van der Waals surface area contributed by atoms with Crippen molar-refractivity contribution < 1.29 is 16.8 Å². The van der Waals surface area contributed by atoms with Gasteiger partial charge in [0, 0.05) is 13.1 Å². The van der Waals surface area contributed by atoms with Crippen LogP contribution < -0.4 is 5.32 Å². The Kier molecular flexibility index (Phi) is 7.03. The number of sulfonamides is 1. The minimum atomic E-state index is -3.64. The molecule has 1 atom stereocenters. The van der Waals surface area contributed by atoms with Crippen LogP contribution in [-0.2, 0) is 19.9 Å². The van der Waals surface area contributed by atoms with Gasteiger partial charge in [0.1, 0.15) is 0 Å². The van der Waals surface area contributed by atoms with Crippen LogP contribution in [0.25, 0.3) is 0 Å². The average Bonchev–Trinajstić information content (AvgIpc) is 2.97. The fraction of sp³-hybridized carbons (Fsp3) is 0.571. The Hall–Kier alpha value is -0.670. The lowest BCUT2D eigenvalue weighted by Gasteiger charge is -2.17. The molecule has 0 aromatic heterocycles. The van der Waals surface area contributed by atoms with E-state index in [1.807, 2.05) is 7.05 Å². The van der Waals surface area contributed by atoms with Crippen molar-refractivity contribution in [1.29, 1.82) is 0 Å². The first-order chi connectivity index (χ1) is 10.3. The van der Waals surface area contributed by atoms with E-state index in [1.54, 1.807) is 6.92 Å². The summed E-state index contributed by atoms with van der Waals surface area (Å²) in [6.45, 7) is 3.25. The second kappa shape index (κ2) is 7.94. The van der Waals surface area contributed by atoms with Crippen molar-refractivity contribution in [2.45, 2.75) is 23.1 Å². The third-order valence-electron chi connectivity index (χ3n) is 3.92. The van der Waals surface area contributed by atoms with E-state index in [0.717, 1.165) is 13.0 Å². The highest BCUT2D eigenvalue weighted by atomic mass is 35.5. The highest BCUT2D eigenvalue weighted by Gasteiger charge is 2.32. The molecule has 9 heteroatoms. The summed E-state index contributed by atoms with van der Waals surface area (Å²) in [6, 6.07) is 5.64. The fourth-order valence-corrected chi connectivity index (χ4v) is 5.19. The summed E-state index contributed by atoms with van der Waals surface area (Å²) in [5, 5.41) is 3.06. The summed E-state index contributed by atoms with van der Waals surface area (Å²) in [7, 11) is -5.21. The highest BCUT2D eigenvalue weighted by molar-refractivity contribution is 7.91. The Labute approximate surface area is 144 Å². The topological polar surface area (TPSA) is 83.5 Å². The van der Waals surface area contributed by atoms with Crippen LogP contribution >= 0.6 is 12.4 Å². The third-order valence-corrected chi connectivity index (χ3v) is 7.52. The van der Waals surface area contributed by atoms with Crippen LogP contribution in [0.4, 0.5) is 0 Å². The number of rotatable bonds is 6. The molecule has 6 nitrogen and oxygen atoms in total. The molecule has 1 N–H and O–H groups in total. The maximum Gasteiger partial charge on any atom is 0.243 e. The van der Waals surface area contributed by atoms with Crippen molar-refractivity contribution in [2.75, 3.05) is 32.4 Å². The van der Waals surface area contributed by atoms with Crippen molar-refractivity contribution in [1.82, 2.24) is 9.62 Å². The van der Waals surface area contributed by atoms with Gasteiger partial charge in [-0.25, -0.2) is 16.8 Å². The van der Waals surface area contributed by atoms with E-state index < -0.39 is 19.9 Å². The van der Waals surface area contributed by atoms with E-state index in [0.29, 0.717) is 19.0 Å². The molecule has 0 radical (unpaired) electrons. The van der Waals surface area contributed by atoms with E-state index in [9.17, 15) is 16.8 Å². The first-order valence-electron chi connectivity index (χ1n) is 7.29. The number of nitrogens with one attached hydrogen (secondary N) is 1. The molecule has 0 bridgehead atoms. The maximum atomic E-state index is 12.7. The van der Waals surface area contributed by atoms with Gasteiger partial charge in [-0.05, 0) is 44.1 Å². The van der Waals surface area contributed by atoms with E-state index in [2.05, 4.69) is 5.32 Å². The lowest BCUT2D eigenvalue weighted by Crippen LogP contribution is -2.30. The van der Waals surface area contributed by atoms with Gasteiger partial charge < -0.3 is 5.32 Å². The first kappa shape index (κ1) is 20.4. The molecular weight excluding hydrogens is 360 g/mol. The van der Waals surface area contributed by atoms with Gasteiger partial charge in [-0.2, -0.15) is 4.31 Å². The van der Waals surface area contributed by atoms with Crippen LogP contribution in [-0.4, -0.2) is 53.6 Å². The average molecular weight is 383 g/mol. The van der Waals surface area contributed by atoms with Gasteiger partial charge in [0.15, 0.2) is 9.84 Å². The molecule has 1 aliphatic heterocycles. The van der Waals surface area contributed by atoms with E-state index >= 15 is 0 Å². The number of halogens is 1. The molecule has 0 saturated carbocycles. The largest absolute Gasteiger partial charge is 0.319 e. The smallest absolute Gasteiger partial charge is 0.243 e. The van der Waals surface area contributed by atoms with Gasteiger partial charge in [-0.15, -0.1) is 12.4 Å². The predicted octanol–water partition coefficient (Wildman–Crippen LogP) is 1.13. The molecule has 0 amide bonds. The van der Waals surface area contributed by atoms with Gasteiger partial charge in [-0.1, -0.05) is 13.0 Å². The van der Waals surface area contributed by atoms with E-state index in [-0.39, 0.29) is 28.0 Å². The van der Waals surface area contributed by atoms with Crippen LogP contribution in [0, 0.1) is 5.92 Å². The number of sulfone groups is 1. The Morgan fingerprint density at radius 2 is 1.87 bits per heavy atom. The third kappa shape index (κ3) is 4.45. The van der Waals surface area contributed by atoms with Crippen molar-refractivity contribution in [3.8, 4) is 0 Å². The van der Waals surface area contributed by atoms with Crippen molar-refractivity contribution >= 4 is 32.3 Å². The van der Waals surface area contributed by atoms with E-state index in [1.165, 1.54) is 28.6 Å². The molecule has 1 aliphatic rings. The second-order valence-electron chi connectivity index (χ2n) is 5.45. The number of nitrogens with zero attached hydrogens (tertiary/aromatic N) is 1. The van der Waals surface area contributed by atoms with Crippen LogP contribution in [0.3, 0.4) is 0 Å². The van der Waals surface area contributed by atoms with Gasteiger partial charge in [0.05, 0.1) is 15.5 Å². The fourth-order valence-electron chi connectivity index (χ4n) is 2.61. The number of benzene rings is 1. The number of hydrogen-bond donors (Lipinski definition) is 1. The van der Waals surface area contributed by atoms with Crippen LogP contribution in [0.15, 0.2) is 34.1 Å². The normalized spacial score (nSPS) is 19.5. The highest BCUT2D eigenvalue weighted by Crippen LogP contribution is 2.25. The molecule has 1 fully saturated rings. The van der Waals surface area contributed by atoms with Crippen molar-refractivity contribution in [2.24, 2.45) is 5.92 Å². The monoisotopic (exact) mass is 382 g/mol. The Morgan fingerprint density at radius 3 is 2.48 bits per heavy atom. The van der Waals surface area contributed by atoms with Gasteiger partial charge in [-0.3, -0.25) is 0 Å². The molecule has 1 heterocycles. The molecule has 132 valence electrons. The lowest BCUT2D eigenvalue weighted by molar-refractivity contribution is 0.451. The van der Waals surface area contributed by atoms with Gasteiger partial charge >= 0.3 is 0 Å². The number of hydrogen-bond acceptors (Lipinski definition) is 5. The summed E-state index contributed by atoms with van der Waals surface area (Å²) in [6.07, 6.45) is 0.813. The standard InChI is InChI=1S/C14H22N2O4S2.ClH/c1-3-21(17,18)13-5-4-6-14(9-13)22(19,20)16-8-7-12(11-16)10-15-2;/h4-6,9,12,15H,3,7-8,10-11H2,1-2H3;1H. The van der Waals surface area contributed by atoms with Gasteiger partial charge in [0.2, 0.25) is 10.0 Å². The molecule has 1 unspecified atom stereocenters. The molecule has 0 aliphatic carbocycles. The molecule has 1 aromatic rings. The molecule has 23 heavy (non-hydrogen) atoms. The zero-order valence-corrected chi connectivity index (χ0v) is 15.7. The summed E-state index contributed by atoms with van der Waals surface area (Å²) in [5.74, 6) is 0.243. The Bertz CT molecular complexity index is 735. The second-order valence-corrected chi connectivity index (χ2v) is 9.67. The predicted molar refractivity (Wildman–Crippen MR) is 92.2 cm³/mol. The Morgan fingerprint density at radius 1 is 1.22 bits per heavy atom. The quantitative estimate of drug-likeness (QED) is 0.797. The lowest BCUT2D eigenvalue weighted by atomic mass is 10.1. The maximum absolute atomic E-state index is 12.7. The molecule has 0 spiro atoms. The minimum Gasteiger partial charge on any atom is -0.319 e. The zero-order valence-electron chi connectivity index (χ0n) is 13.2. The first-order valence-corrected chi connectivity index (χ1v) is 10.4. The summed E-state index contributed by atoms with van der Waals surface area (Å²) in [5.41, 5.74) is 0. The van der Waals surface area contributed by atoms with Crippen molar-refractivity contribution in [3.63, 3.8) is 0 Å². The van der Waals surface area contributed by atoms with Crippen LogP contribution in [0.5, 0.6) is 0 Å². The minimum absolute atomic E-state index is 0. The van der Waals surface area contributed by atoms with E-state index in [4.69, 9.17) is 0 Å². The summed E-state index contributed by atoms with van der Waals surface area (Å²) >= 11 is 0. The zero-order chi connectivity index (χ0) is 16.4. The molecule has 1 saturated heterocycles. The van der Waals surface area contributed by atoms with Crippen LogP contribution in [0.1, 0.15) is 13.3 Å². The summed E-state index contributed by atoms with van der Waals surface area (Å²) < 4.78 is 50.6.